The molecule has 0 aliphatic heterocycles. The lowest BCUT2D eigenvalue weighted by Gasteiger charge is -2.14. The molecule has 0 unspecified atom stereocenters. The van der Waals surface area contributed by atoms with Gasteiger partial charge in [0.15, 0.2) is 11.5 Å². The first-order valence-electron chi connectivity index (χ1n) is 7.70. The van der Waals surface area contributed by atoms with Gasteiger partial charge in [-0.15, -0.1) is 0 Å². The number of benzene rings is 2. The van der Waals surface area contributed by atoms with Crippen LogP contribution in [0.4, 0.5) is 0 Å². The van der Waals surface area contributed by atoms with Crippen LogP contribution < -0.4 is 14.2 Å². The SMILES string of the molecule is COc1cc(OC)c(-c2[nH]c3ccccc3c2CC(=O)O)cc1OC. The fourth-order valence-corrected chi connectivity index (χ4v) is 2.99. The molecule has 0 aliphatic carbocycles. The van der Waals surface area contributed by atoms with Crippen molar-refractivity contribution in [3.05, 3.63) is 42.0 Å². The second-order valence-electron chi connectivity index (χ2n) is 5.50. The van der Waals surface area contributed by atoms with Crippen LogP contribution in [0.1, 0.15) is 5.56 Å². The Labute approximate surface area is 145 Å². The zero-order valence-corrected chi connectivity index (χ0v) is 14.3. The topological polar surface area (TPSA) is 80.8 Å². The van der Waals surface area contributed by atoms with Crippen LogP contribution in [0, 0.1) is 0 Å². The molecule has 1 heterocycles. The molecule has 0 saturated carbocycles. The van der Waals surface area contributed by atoms with E-state index in [9.17, 15) is 9.90 Å². The van der Waals surface area contributed by atoms with Crippen LogP contribution in [0.15, 0.2) is 36.4 Å². The number of fused-ring (bicyclic) bond motifs is 1. The molecule has 0 amide bonds. The van der Waals surface area contributed by atoms with Crippen molar-refractivity contribution in [1.29, 1.82) is 0 Å². The Balaban J connectivity index is 2.30. The quantitative estimate of drug-likeness (QED) is 0.717. The Kier molecular flexibility index (Phi) is 4.52. The van der Waals surface area contributed by atoms with Gasteiger partial charge in [-0.25, -0.2) is 0 Å². The summed E-state index contributed by atoms with van der Waals surface area (Å²) in [6.45, 7) is 0. The summed E-state index contributed by atoms with van der Waals surface area (Å²) in [7, 11) is 4.66. The zero-order chi connectivity index (χ0) is 18.0. The largest absolute Gasteiger partial charge is 0.496 e. The average molecular weight is 341 g/mol. The van der Waals surface area contributed by atoms with Crippen molar-refractivity contribution in [3.63, 3.8) is 0 Å². The zero-order valence-electron chi connectivity index (χ0n) is 14.3. The lowest BCUT2D eigenvalue weighted by molar-refractivity contribution is -0.136. The molecule has 0 bridgehead atoms. The molecule has 130 valence electrons. The molecule has 2 N–H and O–H groups in total. The summed E-state index contributed by atoms with van der Waals surface area (Å²) in [6, 6.07) is 11.1. The fourth-order valence-electron chi connectivity index (χ4n) is 2.99. The standard InChI is InChI=1S/C19H19NO5/c1-23-15-10-17(25-3)16(24-2)8-13(15)19-12(9-18(21)22)11-6-4-5-7-14(11)20-19/h4-8,10,20H,9H2,1-3H3,(H,21,22). The first kappa shape index (κ1) is 16.7. The maximum Gasteiger partial charge on any atom is 0.307 e. The summed E-state index contributed by atoms with van der Waals surface area (Å²) in [4.78, 5) is 14.7. The second-order valence-corrected chi connectivity index (χ2v) is 5.50. The first-order valence-corrected chi connectivity index (χ1v) is 7.70. The van der Waals surface area contributed by atoms with E-state index in [2.05, 4.69) is 4.98 Å². The minimum atomic E-state index is -0.898. The van der Waals surface area contributed by atoms with Crippen LogP contribution in [0.2, 0.25) is 0 Å². The van der Waals surface area contributed by atoms with E-state index < -0.39 is 5.97 Å². The number of aromatic nitrogens is 1. The van der Waals surface area contributed by atoms with Gasteiger partial charge in [-0.05, 0) is 17.7 Å². The van der Waals surface area contributed by atoms with Gasteiger partial charge in [0, 0.05) is 22.5 Å². The van der Waals surface area contributed by atoms with Crippen molar-refractivity contribution in [2.75, 3.05) is 21.3 Å². The monoisotopic (exact) mass is 341 g/mol. The van der Waals surface area contributed by atoms with E-state index in [-0.39, 0.29) is 6.42 Å². The normalized spacial score (nSPS) is 10.7. The molecule has 0 fully saturated rings. The number of aromatic amines is 1. The molecule has 2 aromatic carbocycles. The van der Waals surface area contributed by atoms with Crippen LogP contribution in [0.25, 0.3) is 22.2 Å². The highest BCUT2D eigenvalue weighted by atomic mass is 16.5. The highest BCUT2D eigenvalue weighted by molar-refractivity contribution is 5.95. The van der Waals surface area contributed by atoms with E-state index in [0.29, 0.717) is 34.1 Å². The highest BCUT2D eigenvalue weighted by Gasteiger charge is 2.21. The number of hydrogen-bond acceptors (Lipinski definition) is 4. The molecule has 6 heteroatoms. The van der Waals surface area contributed by atoms with Gasteiger partial charge in [-0.3, -0.25) is 4.79 Å². The highest BCUT2D eigenvalue weighted by Crippen LogP contribution is 2.42. The Morgan fingerprint density at radius 2 is 1.64 bits per heavy atom. The van der Waals surface area contributed by atoms with Crippen molar-refractivity contribution < 1.29 is 24.1 Å². The second kappa shape index (κ2) is 6.76. The predicted molar refractivity (Wildman–Crippen MR) is 94.7 cm³/mol. The molecule has 0 saturated heterocycles. The van der Waals surface area contributed by atoms with E-state index in [0.717, 1.165) is 10.9 Å². The van der Waals surface area contributed by atoms with Gasteiger partial charge in [-0.1, -0.05) is 18.2 Å². The number of carbonyl (C=O) groups is 1. The number of carboxylic acid groups (broad SMARTS) is 1. The summed E-state index contributed by atoms with van der Waals surface area (Å²) in [6.07, 6.45) is -0.100. The van der Waals surface area contributed by atoms with Gasteiger partial charge in [0.1, 0.15) is 5.75 Å². The summed E-state index contributed by atoms with van der Waals surface area (Å²) in [5, 5.41) is 10.2. The molecule has 6 nitrogen and oxygen atoms in total. The minimum absolute atomic E-state index is 0.100. The van der Waals surface area contributed by atoms with Crippen LogP contribution in [-0.2, 0) is 11.2 Å². The molecule has 0 spiro atoms. The lowest BCUT2D eigenvalue weighted by atomic mass is 10.0. The summed E-state index contributed by atoms with van der Waals surface area (Å²) in [5.41, 5.74) is 2.98. The van der Waals surface area contributed by atoms with Crippen molar-refractivity contribution in [3.8, 4) is 28.5 Å². The van der Waals surface area contributed by atoms with Gasteiger partial charge in [0.25, 0.3) is 0 Å². The van der Waals surface area contributed by atoms with E-state index >= 15 is 0 Å². The van der Waals surface area contributed by atoms with E-state index in [1.807, 2.05) is 24.3 Å². The van der Waals surface area contributed by atoms with Crippen LogP contribution in [-0.4, -0.2) is 37.4 Å². The summed E-state index contributed by atoms with van der Waals surface area (Å²) >= 11 is 0. The number of methoxy groups -OCH3 is 3. The smallest absolute Gasteiger partial charge is 0.307 e. The van der Waals surface area contributed by atoms with Gasteiger partial charge in [-0.2, -0.15) is 0 Å². The number of hydrogen-bond donors (Lipinski definition) is 2. The summed E-state index contributed by atoms with van der Waals surface area (Å²) in [5.74, 6) is 0.749. The first-order chi connectivity index (χ1) is 12.1. The van der Waals surface area contributed by atoms with Gasteiger partial charge in [0.2, 0.25) is 0 Å². The Hall–Kier alpha value is -3.15. The molecule has 25 heavy (non-hydrogen) atoms. The molecule has 0 aliphatic rings. The number of nitrogens with one attached hydrogen (secondary N) is 1. The van der Waals surface area contributed by atoms with E-state index in [4.69, 9.17) is 14.2 Å². The number of ether oxygens (including phenoxy) is 3. The molecular formula is C19H19NO5. The Morgan fingerprint density at radius 3 is 2.28 bits per heavy atom. The summed E-state index contributed by atoms with van der Waals surface area (Å²) < 4.78 is 16.2. The third-order valence-electron chi connectivity index (χ3n) is 4.12. The van der Waals surface area contributed by atoms with E-state index in [1.165, 1.54) is 0 Å². The lowest BCUT2D eigenvalue weighted by Crippen LogP contribution is -2.02. The van der Waals surface area contributed by atoms with Crippen LogP contribution in [0.5, 0.6) is 17.2 Å². The molecule has 3 aromatic rings. The van der Waals surface area contributed by atoms with Crippen LogP contribution >= 0.6 is 0 Å². The van der Waals surface area contributed by atoms with Gasteiger partial charge < -0.3 is 24.3 Å². The third kappa shape index (κ3) is 2.98. The van der Waals surface area contributed by atoms with Gasteiger partial charge >= 0.3 is 5.97 Å². The number of aliphatic carboxylic acids is 1. The Morgan fingerprint density at radius 1 is 1.00 bits per heavy atom. The molecule has 0 radical (unpaired) electrons. The molecule has 1 aromatic heterocycles. The molecule has 3 rings (SSSR count). The number of rotatable bonds is 6. The maximum absolute atomic E-state index is 11.4. The maximum atomic E-state index is 11.4. The van der Waals surface area contributed by atoms with Gasteiger partial charge in [0.05, 0.1) is 33.4 Å². The van der Waals surface area contributed by atoms with Crippen molar-refractivity contribution in [2.45, 2.75) is 6.42 Å². The van der Waals surface area contributed by atoms with Crippen molar-refractivity contribution in [1.82, 2.24) is 4.98 Å². The van der Waals surface area contributed by atoms with Crippen molar-refractivity contribution in [2.24, 2.45) is 0 Å². The molecular weight excluding hydrogens is 322 g/mol. The number of carboxylic acids is 1. The minimum Gasteiger partial charge on any atom is -0.496 e. The van der Waals surface area contributed by atoms with E-state index in [1.54, 1.807) is 33.5 Å². The Bertz CT molecular complexity index is 929. The third-order valence-corrected chi connectivity index (χ3v) is 4.12. The predicted octanol–water partition coefficient (Wildman–Crippen LogP) is 3.49. The average Bonchev–Trinajstić information content (AvgIpc) is 2.98. The number of H-pyrrole nitrogens is 1. The molecule has 0 atom stereocenters. The fraction of sp³-hybridized carbons (Fsp3) is 0.211. The number of para-hydroxylation sites is 1. The van der Waals surface area contributed by atoms with Crippen molar-refractivity contribution >= 4 is 16.9 Å². The van der Waals surface area contributed by atoms with Crippen LogP contribution in [0.3, 0.4) is 0 Å².